The Bertz CT molecular complexity index is 183. The van der Waals surface area contributed by atoms with Crippen molar-refractivity contribution in [2.45, 2.75) is 25.0 Å². The Hall–Kier alpha value is -0.220. The van der Waals surface area contributed by atoms with Gasteiger partial charge in [-0.15, -0.1) is 0 Å². The van der Waals surface area contributed by atoms with Gasteiger partial charge < -0.3 is 10.1 Å². The maximum atomic E-state index is 10.8. The molecule has 1 rings (SSSR count). The summed E-state index contributed by atoms with van der Waals surface area (Å²) in [6, 6.07) is 0. The van der Waals surface area contributed by atoms with Gasteiger partial charge in [0.15, 0.2) is 0 Å². The molecule has 0 bridgehead atoms. The molecule has 1 heterocycles. The summed E-state index contributed by atoms with van der Waals surface area (Å²) in [7, 11) is 1.43. The van der Waals surface area contributed by atoms with E-state index in [0.717, 1.165) is 18.3 Å². The van der Waals surface area contributed by atoms with E-state index in [0.29, 0.717) is 12.3 Å². The van der Waals surface area contributed by atoms with Gasteiger partial charge >= 0.3 is 5.97 Å². The fourth-order valence-corrected chi connectivity index (χ4v) is 2.11. The minimum absolute atomic E-state index is 0.136. The van der Waals surface area contributed by atoms with Crippen molar-refractivity contribution in [1.82, 2.24) is 5.32 Å². The molecule has 2 atom stereocenters. The van der Waals surface area contributed by atoms with E-state index in [2.05, 4.69) is 17.0 Å². The van der Waals surface area contributed by atoms with E-state index in [1.165, 1.54) is 19.3 Å². The molecule has 4 heteroatoms. The number of ether oxygens (including phenoxy) is 1. The van der Waals surface area contributed by atoms with Crippen LogP contribution in [0.1, 0.15) is 19.8 Å². The first-order valence-electron chi connectivity index (χ1n) is 5.11. The molecule has 0 spiro atoms. The van der Waals surface area contributed by atoms with Crippen molar-refractivity contribution in [3.63, 3.8) is 0 Å². The fraction of sp³-hybridized carbons (Fsp3) is 0.900. The molecule has 0 aliphatic carbocycles. The molecule has 82 valence electrons. The first-order chi connectivity index (χ1) is 6.72. The maximum Gasteiger partial charge on any atom is 0.306 e. The number of esters is 1. The number of carbonyl (C=O) groups is 1. The second-order valence-corrected chi connectivity index (χ2v) is 5.16. The number of nitrogens with one attached hydrogen (secondary N) is 1. The zero-order valence-electron chi connectivity index (χ0n) is 8.91. The summed E-state index contributed by atoms with van der Waals surface area (Å²) in [5.41, 5.74) is 0. The van der Waals surface area contributed by atoms with Crippen LogP contribution in [0.5, 0.6) is 0 Å². The second-order valence-electron chi connectivity index (χ2n) is 3.83. The molecule has 0 aromatic rings. The molecule has 2 unspecified atom stereocenters. The van der Waals surface area contributed by atoms with Crippen LogP contribution in [0.2, 0.25) is 0 Å². The van der Waals surface area contributed by atoms with Crippen molar-refractivity contribution < 1.29 is 9.53 Å². The molecule has 0 radical (unpaired) electrons. The second kappa shape index (κ2) is 6.30. The summed E-state index contributed by atoms with van der Waals surface area (Å²) in [5, 5.41) is 4.18. The van der Waals surface area contributed by atoms with Crippen LogP contribution >= 0.6 is 11.8 Å². The van der Waals surface area contributed by atoms with Gasteiger partial charge in [0.1, 0.15) is 0 Å². The molecule has 0 aromatic carbocycles. The lowest BCUT2D eigenvalue weighted by Crippen LogP contribution is -2.24. The summed E-state index contributed by atoms with van der Waals surface area (Å²) >= 11 is 2.04. The largest absolute Gasteiger partial charge is 0.469 e. The molecule has 0 saturated carbocycles. The van der Waals surface area contributed by atoms with Gasteiger partial charge in [0.05, 0.1) is 13.5 Å². The zero-order chi connectivity index (χ0) is 10.4. The van der Waals surface area contributed by atoms with Gasteiger partial charge in [-0.25, -0.2) is 0 Å². The van der Waals surface area contributed by atoms with E-state index in [4.69, 9.17) is 0 Å². The molecule has 0 aromatic heterocycles. The number of carbonyl (C=O) groups excluding carboxylic acids is 1. The van der Waals surface area contributed by atoms with Crippen LogP contribution in [0.4, 0.5) is 0 Å². The summed E-state index contributed by atoms with van der Waals surface area (Å²) in [4.78, 5) is 10.8. The number of rotatable bonds is 7. The molecule has 0 amide bonds. The van der Waals surface area contributed by atoms with Gasteiger partial charge in [0.2, 0.25) is 0 Å². The quantitative estimate of drug-likeness (QED) is 0.396. The summed E-state index contributed by atoms with van der Waals surface area (Å²) in [5.74, 6) is 1.92. The smallest absolute Gasteiger partial charge is 0.306 e. The van der Waals surface area contributed by atoms with Crippen molar-refractivity contribution >= 4 is 17.7 Å². The van der Waals surface area contributed by atoms with Gasteiger partial charge in [0.25, 0.3) is 0 Å². The lowest BCUT2D eigenvalue weighted by molar-refractivity contribution is -0.140. The van der Waals surface area contributed by atoms with Crippen LogP contribution in [-0.4, -0.2) is 37.2 Å². The third kappa shape index (κ3) is 5.50. The standard InChI is InChI=1S/C10H19NO2S/c1-8(5-9-7-14-9)6-11-4-3-10(12)13-2/h8-9,11H,3-7H2,1-2H3. The van der Waals surface area contributed by atoms with Gasteiger partial charge in [-0.3, -0.25) is 4.79 Å². The predicted molar refractivity (Wildman–Crippen MR) is 59.5 cm³/mol. The minimum Gasteiger partial charge on any atom is -0.469 e. The van der Waals surface area contributed by atoms with E-state index in [-0.39, 0.29) is 5.97 Å². The Morgan fingerprint density at radius 3 is 3.00 bits per heavy atom. The molecule has 1 N–H and O–H groups in total. The Kier molecular flexibility index (Phi) is 5.33. The molecular weight excluding hydrogens is 198 g/mol. The topological polar surface area (TPSA) is 38.3 Å². The molecule has 1 aliphatic heterocycles. The Morgan fingerprint density at radius 1 is 1.71 bits per heavy atom. The number of hydrogen-bond acceptors (Lipinski definition) is 4. The first-order valence-corrected chi connectivity index (χ1v) is 6.16. The minimum atomic E-state index is -0.136. The van der Waals surface area contributed by atoms with E-state index in [9.17, 15) is 4.79 Å². The molecule has 1 saturated heterocycles. The van der Waals surface area contributed by atoms with Gasteiger partial charge in [-0.1, -0.05) is 6.92 Å². The Labute approximate surface area is 90.0 Å². The highest BCUT2D eigenvalue weighted by atomic mass is 32.2. The molecule has 1 aliphatic rings. The van der Waals surface area contributed by atoms with Crippen LogP contribution in [0, 0.1) is 5.92 Å². The summed E-state index contributed by atoms with van der Waals surface area (Å²) in [6.07, 6.45) is 1.78. The van der Waals surface area contributed by atoms with E-state index in [1.54, 1.807) is 0 Å². The van der Waals surface area contributed by atoms with Crippen LogP contribution in [-0.2, 0) is 9.53 Å². The highest BCUT2D eigenvalue weighted by molar-refractivity contribution is 8.06. The van der Waals surface area contributed by atoms with E-state index in [1.807, 2.05) is 11.8 Å². The molecule has 3 nitrogen and oxygen atoms in total. The maximum absolute atomic E-state index is 10.8. The Balaban J connectivity index is 1.89. The van der Waals surface area contributed by atoms with Gasteiger partial charge in [-0.05, 0) is 18.9 Å². The summed E-state index contributed by atoms with van der Waals surface area (Å²) < 4.78 is 4.55. The number of thioether (sulfide) groups is 1. The lowest BCUT2D eigenvalue weighted by atomic mass is 10.1. The molecule has 14 heavy (non-hydrogen) atoms. The normalized spacial score (nSPS) is 21.7. The Morgan fingerprint density at radius 2 is 2.43 bits per heavy atom. The van der Waals surface area contributed by atoms with Crippen LogP contribution in [0.3, 0.4) is 0 Å². The average molecular weight is 217 g/mol. The van der Waals surface area contributed by atoms with Crippen molar-refractivity contribution in [2.24, 2.45) is 5.92 Å². The third-order valence-corrected chi connectivity index (χ3v) is 3.29. The molecule has 1 fully saturated rings. The number of hydrogen-bond donors (Lipinski definition) is 1. The van der Waals surface area contributed by atoms with E-state index < -0.39 is 0 Å². The van der Waals surface area contributed by atoms with Gasteiger partial charge in [-0.2, -0.15) is 11.8 Å². The van der Waals surface area contributed by atoms with Crippen LogP contribution < -0.4 is 5.32 Å². The average Bonchev–Trinajstić information content (AvgIpc) is 2.95. The fourth-order valence-electron chi connectivity index (χ4n) is 1.38. The van der Waals surface area contributed by atoms with Gasteiger partial charge in [0, 0.05) is 17.5 Å². The van der Waals surface area contributed by atoms with Crippen molar-refractivity contribution in [3.8, 4) is 0 Å². The SMILES string of the molecule is COC(=O)CCNCC(C)CC1CS1. The molecular formula is C10H19NO2S. The van der Waals surface area contributed by atoms with E-state index >= 15 is 0 Å². The first kappa shape index (κ1) is 11.9. The van der Waals surface area contributed by atoms with Crippen molar-refractivity contribution in [1.29, 1.82) is 0 Å². The van der Waals surface area contributed by atoms with Crippen LogP contribution in [0.15, 0.2) is 0 Å². The van der Waals surface area contributed by atoms with Crippen molar-refractivity contribution in [3.05, 3.63) is 0 Å². The van der Waals surface area contributed by atoms with Crippen LogP contribution in [0.25, 0.3) is 0 Å². The lowest BCUT2D eigenvalue weighted by Gasteiger charge is -2.10. The summed E-state index contributed by atoms with van der Waals surface area (Å²) in [6.45, 7) is 3.99. The highest BCUT2D eigenvalue weighted by Crippen LogP contribution is 2.35. The monoisotopic (exact) mass is 217 g/mol. The number of methoxy groups -OCH3 is 1. The third-order valence-electron chi connectivity index (χ3n) is 2.29. The van der Waals surface area contributed by atoms with Crippen molar-refractivity contribution in [2.75, 3.05) is 26.0 Å². The predicted octanol–water partition coefficient (Wildman–Crippen LogP) is 1.28. The highest BCUT2D eigenvalue weighted by Gasteiger charge is 2.24. The zero-order valence-corrected chi connectivity index (χ0v) is 9.73.